The van der Waals surface area contributed by atoms with E-state index in [0.29, 0.717) is 12.0 Å². The lowest BCUT2D eigenvalue weighted by Gasteiger charge is -2.41. The fourth-order valence-corrected chi connectivity index (χ4v) is 5.99. The summed E-state index contributed by atoms with van der Waals surface area (Å²) in [7, 11) is 1.52. The van der Waals surface area contributed by atoms with Crippen LogP contribution >= 0.6 is 0 Å². The van der Waals surface area contributed by atoms with Crippen LogP contribution in [0.4, 0.5) is 0 Å². The number of piperidine rings is 1. The number of hydrogen-bond donors (Lipinski definition) is 1. The summed E-state index contributed by atoms with van der Waals surface area (Å²) in [5, 5.41) is 7.06. The van der Waals surface area contributed by atoms with Crippen molar-refractivity contribution >= 4 is 33.2 Å². The van der Waals surface area contributed by atoms with E-state index in [4.69, 9.17) is 9.57 Å². The van der Waals surface area contributed by atoms with Gasteiger partial charge >= 0.3 is 5.97 Å². The summed E-state index contributed by atoms with van der Waals surface area (Å²) in [6.07, 6.45) is 2.42. The molecule has 3 heterocycles. The fourth-order valence-electron chi connectivity index (χ4n) is 5.09. The number of rotatable bonds is 5. The summed E-state index contributed by atoms with van der Waals surface area (Å²) in [5.41, 5.74) is 3.53. The molecule has 2 fully saturated rings. The zero-order valence-corrected chi connectivity index (χ0v) is 20.7. The quantitative estimate of drug-likeness (QED) is 0.473. The molecule has 1 N–H and O–H groups in total. The Hall–Kier alpha value is -3.02. The molecule has 0 aromatic heterocycles. The second-order valence-corrected chi connectivity index (χ2v) is 11.6. The number of carbonyl (C=O) groups is 2. The van der Waals surface area contributed by atoms with Gasteiger partial charge in [0.25, 0.3) is 5.91 Å². The molecule has 5 rings (SSSR count). The Bertz CT molecular complexity index is 1270. The average Bonchev–Trinajstić information content (AvgIpc) is 3.38. The third-order valence-corrected chi connectivity index (χ3v) is 8.85. The predicted molar refractivity (Wildman–Crippen MR) is 127 cm³/mol. The van der Waals surface area contributed by atoms with Gasteiger partial charge in [0.1, 0.15) is 0 Å². The number of nitrogens with one attached hydrogen (secondary N) is 1. The largest absolute Gasteiger partial charge is 0.463 e. The van der Waals surface area contributed by atoms with E-state index >= 15 is 0 Å². The van der Waals surface area contributed by atoms with Crippen LogP contribution in [0.15, 0.2) is 51.7 Å². The molecule has 1 aromatic rings. The van der Waals surface area contributed by atoms with E-state index in [9.17, 15) is 18.0 Å². The summed E-state index contributed by atoms with van der Waals surface area (Å²) in [6, 6.07) is 6.85. The maximum absolute atomic E-state index is 12.9. The van der Waals surface area contributed by atoms with Gasteiger partial charge in [0.05, 0.1) is 11.5 Å². The molecule has 2 saturated heterocycles. The minimum atomic E-state index is -3.54. The Morgan fingerprint density at radius 1 is 1.14 bits per heavy atom. The number of sulfonamides is 1. The molecule has 1 aliphatic carbocycles. The van der Waals surface area contributed by atoms with Crippen LogP contribution in [0.25, 0.3) is 5.57 Å². The molecule has 4 aliphatic rings. The summed E-state index contributed by atoms with van der Waals surface area (Å²) in [5.74, 6) is -0.643. The van der Waals surface area contributed by atoms with E-state index in [1.165, 1.54) is 18.4 Å². The van der Waals surface area contributed by atoms with E-state index in [0.717, 1.165) is 36.3 Å². The van der Waals surface area contributed by atoms with Crippen molar-refractivity contribution in [1.82, 2.24) is 14.5 Å². The third-order valence-electron chi connectivity index (χ3n) is 7.02. The lowest BCUT2D eigenvalue weighted by Crippen LogP contribution is -2.42. The van der Waals surface area contributed by atoms with Crippen LogP contribution in [0.5, 0.6) is 0 Å². The molecule has 0 saturated carbocycles. The molecule has 11 heteroatoms. The SMILES string of the molecule is CN1CC[C@@H]2C(c3ccc(S(=O)(=O)N(C)C)cc3)=CC3=C(NC(=O)/C3=N/O[C@@H]3CCOC3=O)[C@H]2C1. The van der Waals surface area contributed by atoms with Crippen molar-refractivity contribution in [2.75, 3.05) is 40.8 Å². The molecule has 1 aromatic carbocycles. The number of esters is 1. The maximum atomic E-state index is 12.9. The van der Waals surface area contributed by atoms with Crippen molar-refractivity contribution in [1.29, 1.82) is 0 Å². The Morgan fingerprint density at radius 3 is 2.54 bits per heavy atom. The van der Waals surface area contributed by atoms with Gasteiger partial charge in [-0.25, -0.2) is 17.5 Å². The molecule has 35 heavy (non-hydrogen) atoms. The molecule has 0 bridgehead atoms. The van der Waals surface area contributed by atoms with Crippen LogP contribution in [0.3, 0.4) is 0 Å². The number of nitrogens with zero attached hydrogens (tertiary/aromatic N) is 3. The van der Waals surface area contributed by atoms with Crippen molar-refractivity contribution in [2.24, 2.45) is 17.0 Å². The molecule has 0 radical (unpaired) electrons. The number of amides is 1. The maximum Gasteiger partial charge on any atom is 0.350 e. The number of fused-ring (bicyclic) bond motifs is 2. The topological polar surface area (TPSA) is 118 Å². The molecule has 3 atom stereocenters. The highest BCUT2D eigenvalue weighted by Gasteiger charge is 2.43. The van der Waals surface area contributed by atoms with Crippen LogP contribution in [0.2, 0.25) is 0 Å². The van der Waals surface area contributed by atoms with E-state index < -0.39 is 22.1 Å². The van der Waals surface area contributed by atoms with Crippen LogP contribution < -0.4 is 5.32 Å². The Morgan fingerprint density at radius 2 is 1.89 bits per heavy atom. The first kappa shape index (κ1) is 23.7. The standard InChI is InChI=1S/C24H28N4O6S/c1-27(2)35(31,32)15-6-4-14(5-7-15)17-12-18-21(19-13-28(3)10-8-16(17)19)25-23(29)22(18)26-34-20-9-11-33-24(20)30/h4-7,12,16,19-20H,8-11,13H2,1-3H3,(H,25,26,29)/t16-,19+,20-/m1/s1. The van der Waals surface area contributed by atoms with Crippen LogP contribution in [0, 0.1) is 11.8 Å². The van der Waals surface area contributed by atoms with Crippen LogP contribution in [-0.2, 0) is 29.2 Å². The number of benzene rings is 1. The smallest absolute Gasteiger partial charge is 0.350 e. The lowest BCUT2D eigenvalue weighted by molar-refractivity contribution is -0.147. The molecule has 0 unspecified atom stereocenters. The Labute approximate surface area is 204 Å². The van der Waals surface area contributed by atoms with Gasteiger partial charge in [-0.2, -0.15) is 0 Å². The van der Waals surface area contributed by atoms with Gasteiger partial charge in [-0.3, -0.25) is 4.79 Å². The van der Waals surface area contributed by atoms with Gasteiger partial charge in [-0.05, 0) is 55.3 Å². The van der Waals surface area contributed by atoms with E-state index in [1.807, 2.05) is 18.2 Å². The van der Waals surface area contributed by atoms with Crippen molar-refractivity contribution in [3.05, 3.63) is 47.2 Å². The Balaban J connectivity index is 1.53. The second kappa shape index (κ2) is 8.89. The van der Waals surface area contributed by atoms with E-state index in [1.54, 1.807) is 12.1 Å². The number of oxime groups is 1. The van der Waals surface area contributed by atoms with Gasteiger partial charge in [-0.15, -0.1) is 0 Å². The predicted octanol–water partition coefficient (Wildman–Crippen LogP) is 0.974. The van der Waals surface area contributed by atoms with Crippen LogP contribution in [0.1, 0.15) is 18.4 Å². The average molecular weight is 501 g/mol. The zero-order valence-electron chi connectivity index (χ0n) is 19.9. The molecular formula is C24H28N4O6S. The minimum absolute atomic E-state index is 0.0435. The van der Waals surface area contributed by atoms with Crippen molar-refractivity contribution in [3.8, 4) is 0 Å². The fraction of sp³-hybridized carbons (Fsp3) is 0.458. The van der Waals surface area contributed by atoms with Gasteiger partial charge in [0, 0.05) is 44.2 Å². The molecule has 0 spiro atoms. The van der Waals surface area contributed by atoms with Crippen molar-refractivity contribution in [3.63, 3.8) is 0 Å². The molecular weight excluding hydrogens is 472 g/mol. The third kappa shape index (κ3) is 4.17. The first-order valence-corrected chi connectivity index (χ1v) is 13.0. The van der Waals surface area contributed by atoms with Gasteiger partial charge in [0.2, 0.25) is 16.1 Å². The minimum Gasteiger partial charge on any atom is -0.463 e. The van der Waals surface area contributed by atoms with Crippen LogP contribution in [-0.4, -0.2) is 82.2 Å². The molecule has 186 valence electrons. The number of likely N-dealkylation sites (tertiary alicyclic amines) is 1. The molecule has 1 amide bonds. The first-order valence-electron chi connectivity index (χ1n) is 11.6. The number of cyclic esters (lactones) is 1. The Kier molecular flexibility index (Phi) is 6.02. The summed E-state index contributed by atoms with van der Waals surface area (Å²) < 4.78 is 31.1. The van der Waals surface area contributed by atoms with E-state index in [-0.39, 0.29) is 35.0 Å². The highest BCUT2D eigenvalue weighted by atomic mass is 32.2. The normalized spacial score (nSPS) is 28.1. The van der Waals surface area contributed by atoms with Crippen molar-refractivity contribution in [2.45, 2.75) is 23.8 Å². The number of hydrogen-bond acceptors (Lipinski definition) is 8. The summed E-state index contributed by atoms with van der Waals surface area (Å²) in [4.78, 5) is 32.5. The van der Waals surface area contributed by atoms with E-state index in [2.05, 4.69) is 22.4 Å². The number of ether oxygens (including phenoxy) is 1. The number of allylic oxidation sites excluding steroid dienone is 2. The summed E-state index contributed by atoms with van der Waals surface area (Å²) >= 11 is 0. The lowest BCUT2D eigenvalue weighted by atomic mass is 9.72. The number of carbonyl (C=O) groups excluding carboxylic acids is 2. The highest BCUT2D eigenvalue weighted by molar-refractivity contribution is 7.89. The van der Waals surface area contributed by atoms with Gasteiger partial charge in [0.15, 0.2) is 5.71 Å². The molecule has 3 aliphatic heterocycles. The van der Waals surface area contributed by atoms with Gasteiger partial charge in [-0.1, -0.05) is 17.3 Å². The zero-order chi connectivity index (χ0) is 24.9. The second-order valence-electron chi connectivity index (χ2n) is 9.45. The highest BCUT2D eigenvalue weighted by Crippen LogP contribution is 2.45. The monoisotopic (exact) mass is 500 g/mol. The molecule has 10 nitrogen and oxygen atoms in total. The summed E-state index contributed by atoms with van der Waals surface area (Å²) in [6.45, 7) is 1.95. The van der Waals surface area contributed by atoms with Gasteiger partial charge < -0.3 is 19.8 Å². The van der Waals surface area contributed by atoms with Crippen molar-refractivity contribution < 1.29 is 27.6 Å². The first-order chi connectivity index (χ1) is 16.7.